The van der Waals surface area contributed by atoms with E-state index in [9.17, 15) is 9.32 Å². The summed E-state index contributed by atoms with van der Waals surface area (Å²) in [6.45, 7) is 8.77. The molecular weight excluding hydrogens is 298 g/mol. The topological polar surface area (TPSA) is 49.8 Å². The van der Waals surface area contributed by atoms with Gasteiger partial charge in [0.25, 0.3) is 0 Å². The second-order valence-corrected chi connectivity index (χ2v) is 6.69. The average molecular weight is 327 g/mol. The fourth-order valence-corrected chi connectivity index (χ4v) is 4.44. The van der Waals surface area contributed by atoms with Gasteiger partial charge in [0, 0.05) is 12.6 Å². The Labute approximate surface area is 137 Å². The highest BCUT2D eigenvalue weighted by Gasteiger charge is 2.28. The quantitative estimate of drug-likeness (QED) is 0.924. The molecule has 0 amide bonds. The van der Waals surface area contributed by atoms with Crippen LogP contribution in [0, 0.1) is 13.8 Å². The van der Waals surface area contributed by atoms with Gasteiger partial charge in [-0.15, -0.1) is 0 Å². The summed E-state index contributed by atoms with van der Waals surface area (Å²) in [5, 5.41) is 9.48. The predicted octanol–water partition coefficient (Wildman–Crippen LogP) is 3.21. The molecule has 0 radical (unpaired) electrons. The second-order valence-electron chi connectivity index (χ2n) is 5.31. The number of benzene rings is 1. The molecule has 2 unspecified atom stereocenters. The van der Waals surface area contributed by atoms with E-state index in [2.05, 4.69) is 0 Å². The maximum Gasteiger partial charge on any atom is 0.128 e. The number of piperidine rings is 1. The molecule has 1 aliphatic rings. The summed E-state index contributed by atoms with van der Waals surface area (Å²) in [6, 6.07) is 3.83. The van der Waals surface area contributed by atoms with Gasteiger partial charge in [0.1, 0.15) is 16.7 Å². The van der Waals surface area contributed by atoms with E-state index in [0.717, 1.165) is 47.6 Å². The molecular formula is C17H29NO3S. The molecule has 0 aromatic heterocycles. The number of methoxy groups -OCH3 is 1. The van der Waals surface area contributed by atoms with E-state index in [4.69, 9.17) is 4.74 Å². The number of aliphatic hydroxyl groups is 1. The lowest BCUT2D eigenvalue weighted by atomic mass is 10.1. The molecule has 0 aliphatic carbocycles. The first-order chi connectivity index (χ1) is 10.6. The van der Waals surface area contributed by atoms with Crippen LogP contribution in [-0.2, 0) is 11.0 Å². The van der Waals surface area contributed by atoms with Crippen LogP contribution in [0.1, 0.15) is 44.2 Å². The molecule has 1 heterocycles. The third-order valence-electron chi connectivity index (χ3n) is 3.84. The zero-order valence-corrected chi connectivity index (χ0v) is 15.2. The Morgan fingerprint density at radius 1 is 1.27 bits per heavy atom. The molecule has 1 aromatic carbocycles. The van der Waals surface area contributed by atoms with E-state index in [1.807, 2.05) is 44.1 Å². The van der Waals surface area contributed by atoms with Crippen LogP contribution in [0.5, 0.6) is 5.75 Å². The van der Waals surface area contributed by atoms with E-state index in [0.29, 0.717) is 0 Å². The summed E-state index contributed by atoms with van der Waals surface area (Å²) >= 11 is 0. The summed E-state index contributed by atoms with van der Waals surface area (Å²) in [4.78, 5) is 0.853. The number of ether oxygens (including phenoxy) is 1. The zero-order valence-electron chi connectivity index (χ0n) is 14.4. The van der Waals surface area contributed by atoms with Crippen molar-refractivity contribution in [1.82, 2.24) is 4.31 Å². The molecule has 0 saturated carbocycles. The van der Waals surface area contributed by atoms with Crippen molar-refractivity contribution < 1.29 is 14.1 Å². The molecule has 1 aliphatic heterocycles. The second kappa shape index (κ2) is 9.28. The van der Waals surface area contributed by atoms with Gasteiger partial charge in [-0.05, 0) is 49.9 Å². The first-order valence-electron chi connectivity index (χ1n) is 8.03. The molecule has 1 aromatic rings. The van der Waals surface area contributed by atoms with Crippen molar-refractivity contribution in [3.8, 4) is 5.75 Å². The Balaban J connectivity index is 0.00000116. The number of hydrogen-bond donors (Lipinski definition) is 1. The van der Waals surface area contributed by atoms with E-state index in [-0.39, 0.29) is 12.6 Å². The summed E-state index contributed by atoms with van der Waals surface area (Å²) in [7, 11) is 0.421. The van der Waals surface area contributed by atoms with Crippen LogP contribution in [0.3, 0.4) is 0 Å². The fraction of sp³-hybridized carbons (Fsp3) is 0.647. The van der Waals surface area contributed by atoms with Gasteiger partial charge in [-0.25, -0.2) is 8.51 Å². The minimum Gasteiger partial charge on any atom is -0.497 e. The highest BCUT2D eigenvalue weighted by atomic mass is 32.2. The normalized spacial score (nSPS) is 20.0. The van der Waals surface area contributed by atoms with Gasteiger partial charge in [0.15, 0.2) is 0 Å². The minimum absolute atomic E-state index is 0.00508. The lowest BCUT2D eigenvalue weighted by Gasteiger charge is -2.33. The molecule has 1 N–H and O–H groups in total. The summed E-state index contributed by atoms with van der Waals surface area (Å²) < 4.78 is 20.1. The standard InChI is InChI=1S/C15H23NO3S.C2H6/c1-11-8-14(19-3)9-12(2)15(11)20(18)16-7-5-4-6-13(16)10-17;1-2/h8-9,13,17H,4-7,10H2,1-3H3;1-2H3. The maximum atomic E-state index is 12.9. The van der Waals surface area contributed by atoms with Crippen molar-refractivity contribution in [2.75, 3.05) is 20.3 Å². The largest absolute Gasteiger partial charge is 0.497 e. The Bertz CT molecular complexity index is 482. The van der Waals surface area contributed by atoms with Crippen molar-refractivity contribution in [2.45, 2.75) is 57.9 Å². The number of aliphatic hydroxyl groups excluding tert-OH is 1. The first-order valence-corrected chi connectivity index (χ1v) is 9.13. The Morgan fingerprint density at radius 3 is 2.36 bits per heavy atom. The third kappa shape index (κ3) is 4.31. The van der Waals surface area contributed by atoms with Crippen LogP contribution >= 0.6 is 0 Å². The third-order valence-corrected chi connectivity index (χ3v) is 5.74. The summed E-state index contributed by atoms with van der Waals surface area (Å²) in [5.41, 5.74) is 1.95. The van der Waals surface area contributed by atoms with E-state index >= 15 is 0 Å². The van der Waals surface area contributed by atoms with Gasteiger partial charge >= 0.3 is 0 Å². The Morgan fingerprint density at radius 2 is 1.86 bits per heavy atom. The van der Waals surface area contributed by atoms with Crippen molar-refractivity contribution in [3.05, 3.63) is 23.3 Å². The maximum absolute atomic E-state index is 12.9. The van der Waals surface area contributed by atoms with Crippen LogP contribution in [0.25, 0.3) is 0 Å². The summed E-state index contributed by atoms with van der Waals surface area (Å²) in [5.74, 6) is 0.790. The van der Waals surface area contributed by atoms with Crippen LogP contribution in [0.4, 0.5) is 0 Å². The molecule has 5 heteroatoms. The van der Waals surface area contributed by atoms with Crippen LogP contribution in [-0.4, -0.2) is 39.9 Å². The number of hydrogen-bond acceptors (Lipinski definition) is 3. The monoisotopic (exact) mass is 327 g/mol. The lowest BCUT2D eigenvalue weighted by molar-refractivity contribution is 0.160. The fourth-order valence-electron chi connectivity index (χ4n) is 2.80. The van der Waals surface area contributed by atoms with E-state index < -0.39 is 11.0 Å². The molecule has 2 rings (SSSR count). The van der Waals surface area contributed by atoms with Gasteiger partial charge in [0.2, 0.25) is 0 Å². The number of nitrogens with zero attached hydrogens (tertiary/aromatic N) is 1. The number of rotatable bonds is 4. The van der Waals surface area contributed by atoms with Gasteiger partial charge in [-0.2, -0.15) is 0 Å². The van der Waals surface area contributed by atoms with Crippen LogP contribution in [0.2, 0.25) is 0 Å². The Kier molecular flexibility index (Phi) is 8.07. The van der Waals surface area contributed by atoms with Gasteiger partial charge in [-0.3, -0.25) is 0 Å². The average Bonchev–Trinajstić information content (AvgIpc) is 2.55. The van der Waals surface area contributed by atoms with Crippen molar-refractivity contribution >= 4 is 11.0 Å². The highest BCUT2D eigenvalue weighted by molar-refractivity contribution is 7.82. The van der Waals surface area contributed by atoms with Crippen molar-refractivity contribution in [3.63, 3.8) is 0 Å². The van der Waals surface area contributed by atoms with Gasteiger partial charge in [0.05, 0.1) is 18.6 Å². The van der Waals surface area contributed by atoms with Crippen LogP contribution in [0.15, 0.2) is 17.0 Å². The molecule has 0 bridgehead atoms. The first kappa shape index (κ1) is 19.1. The molecule has 0 spiro atoms. The Hall–Kier alpha value is -0.910. The van der Waals surface area contributed by atoms with Crippen molar-refractivity contribution in [1.29, 1.82) is 0 Å². The molecule has 4 nitrogen and oxygen atoms in total. The van der Waals surface area contributed by atoms with Gasteiger partial charge in [-0.1, -0.05) is 20.3 Å². The molecule has 2 atom stereocenters. The zero-order chi connectivity index (χ0) is 16.7. The SMILES string of the molecule is CC.COc1cc(C)c(S(=O)N2CCCCC2CO)c(C)c1. The predicted molar refractivity (Wildman–Crippen MR) is 91.7 cm³/mol. The molecule has 1 saturated heterocycles. The number of aryl methyl sites for hydroxylation is 2. The van der Waals surface area contributed by atoms with Crippen molar-refractivity contribution in [2.24, 2.45) is 0 Å². The summed E-state index contributed by atoms with van der Waals surface area (Å²) in [6.07, 6.45) is 3.05. The molecule has 1 fully saturated rings. The smallest absolute Gasteiger partial charge is 0.128 e. The van der Waals surface area contributed by atoms with E-state index in [1.54, 1.807) is 7.11 Å². The van der Waals surface area contributed by atoms with Gasteiger partial charge < -0.3 is 9.84 Å². The lowest BCUT2D eigenvalue weighted by Crippen LogP contribution is -2.43. The molecule has 126 valence electrons. The highest BCUT2D eigenvalue weighted by Crippen LogP contribution is 2.29. The minimum atomic E-state index is -1.22. The van der Waals surface area contributed by atoms with E-state index in [1.165, 1.54) is 0 Å². The molecule has 22 heavy (non-hydrogen) atoms. The van der Waals surface area contributed by atoms with Crippen LogP contribution < -0.4 is 4.74 Å².